The molecule has 0 fully saturated rings. The molecule has 0 saturated carbocycles. The lowest BCUT2D eigenvalue weighted by molar-refractivity contribution is -0.136. The number of aliphatic carboxylic acids is 1. The van der Waals surface area contributed by atoms with Crippen molar-refractivity contribution in [1.82, 2.24) is 4.98 Å². The zero-order valence-corrected chi connectivity index (χ0v) is 8.97. The molecule has 0 saturated heterocycles. The summed E-state index contributed by atoms with van der Waals surface area (Å²) in [6.07, 6.45) is -0.289. The number of carbonyl (C=O) groups excluding carboxylic acids is 1. The van der Waals surface area contributed by atoms with Gasteiger partial charge in [0.1, 0.15) is 11.9 Å². The number of hydrogen-bond acceptors (Lipinski definition) is 5. The van der Waals surface area contributed by atoms with Gasteiger partial charge in [-0.25, -0.2) is 9.78 Å². The van der Waals surface area contributed by atoms with E-state index in [0.717, 1.165) is 0 Å². The van der Waals surface area contributed by atoms with Crippen LogP contribution in [0.1, 0.15) is 16.2 Å². The second kappa shape index (κ2) is 4.25. The number of nitrogens with zero attached hydrogens (tertiary/aromatic N) is 1. The van der Waals surface area contributed by atoms with Crippen molar-refractivity contribution in [3.63, 3.8) is 0 Å². The number of carbonyl (C=O) groups is 2. The molecule has 0 unspecified atom stereocenters. The van der Waals surface area contributed by atoms with Gasteiger partial charge in [0.25, 0.3) is 0 Å². The predicted molar refractivity (Wildman–Crippen MR) is 56.7 cm³/mol. The van der Waals surface area contributed by atoms with Crippen LogP contribution in [0.3, 0.4) is 0 Å². The summed E-state index contributed by atoms with van der Waals surface area (Å²) in [6.45, 7) is 0. The summed E-state index contributed by atoms with van der Waals surface area (Å²) < 4.78 is 9.77. The number of aromatic nitrogens is 1. The Morgan fingerprint density at radius 1 is 1.47 bits per heavy atom. The lowest BCUT2D eigenvalue weighted by Crippen LogP contribution is -2.00. The number of methoxy groups -OCH3 is 1. The summed E-state index contributed by atoms with van der Waals surface area (Å²) >= 11 is 0. The fourth-order valence-electron chi connectivity index (χ4n) is 1.42. The highest BCUT2D eigenvalue weighted by Gasteiger charge is 2.12. The van der Waals surface area contributed by atoms with Crippen LogP contribution >= 0.6 is 0 Å². The van der Waals surface area contributed by atoms with Crippen LogP contribution in [-0.4, -0.2) is 29.1 Å². The Balaban J connectivity index is 2.40. The summed E-state index contributed by atoms with van der Waals surface area (Å²) in [5.74, 6) is -1.39. The number of fused-ring (bicyclic) bond motifs is 1. The first-order valence-corrected chi connectivity index (χ1v) is 4.79. The topological polar surface area (TPSA) is 89.6 Å². The first-order chi connectivity index (χ1) is 8.10. The van der Waals surface area contributed by atoms with Gasteiger partial charge in [-0.15, -0.1) is 0 Å². The number of esters is 1. The van der Waals surface area contributed by atoms with Crippen molar-refractivity contribution in [2.24, 2.45) is 0 Å². The number of hydrogen-bond donors (Lipinski definition) is 1. The maximum atomic E-state index is 11.3. The zero-order valence-electron chi connectivity index (χ0n) is 8.97. The molecule has 6 heteroatoms. The van der Waals surface area contributed by atoms with Gasteiger partial charge >= 0.3 is 11.9 Å². The molecule has 0 bridgehead atoms. The molecule has 0 spiro atoms. The third kappa shape index (κ3) is 2.25. The Labute approximate surface area is 95.8 Å². The van der Waals surface area contributed by atoms with Crippen LogP contribution in [0.25, 0.3) is 11.1 Å². The molecule has 6 nitrogen and oxygen atoms in total. The van der Waals surface area contributed by atoms with Crippen molar-refractivity contribution in [1.29, 1.82) is 0 Å². The maximum Gasteiger partial charge on any atom is 0.337 e. The average molecular weight is 235 g/mol. The highest BCUT2D eigenvalue weighted by Crippen LogP contribution is 2.18. The van der Waals surface area contributed by atoms with Gasteiger partial charge in [-0.2, -0.15) is 0 Å². The second-order valence-electron chi connectivity index (χ2n) is 3.35. The summed E-state index contributed by atoms with van der Waals surface area (Å²) in [6, 6.07) is 4.58. The van der Waals surface area contributed by atoms with Gasteiger partial charge in [0.15, 0.2) is 5.58 Å². The molecule has 0 atom stereocenters. The number of carboxylic acids is 1. The lowest BCUT2D eigenvalue weighted by Gasteiger charge is -1.96. The molecule has 1 aromatic heterocycles. The van der Waals surface area contributed by atoms with Crippen molar-refractivity contribution < 1.29 is 23.8 Å². The van der Waals surface area contributed by atoms with Crippen LogP contribution in [0.2, 0.25) is 0 Å². The largest absolute Gasteiger partial charge is 0.481 e. The molecule has 1 N–H and O–H groups in total. The van der Waals surface area contributed by atoms with Crippen molar-refractivity contribution in [3.8, 4) is 0 Å². The number of carboxylic acid groups (broad SMARTS) is 1. The molecule has 0 aliphatic heterocycles. The number of oxazole rings is 1. The Bertz CT molecular complexity index is 587. The third-order valence-electron chi connectivity index (χ3n) is 2.16. The van der Waals surface area contributed by atoms with Crippen LogP contribution in [0.5, 0.6) is 0 Å². The van der Waals surface area contributed by atoms with E-state index in [9.17, 15) is 9.59 Å². The molecule has 0 aliphatic carbocycles. The van der Waals surface area contributed by atoms with E-state index in [0.29, 0.717) is 16.7 Å². The smallest absolute Gasteiger partial charge is 0.337 e. The molecule has 1 aromatic carbocycles. The van der Waals surface area contributed by atoms with Crippen molar-refractivity contribution in [3.05, 3.63) is 29.7 Å². The van der Waals surface area contributed by atoms with E-state index in [1.165, 1.54) is 19.2 Å². The maximum absolute atomic E-state index is 11.3. The highest BCUT2D eigenvalue weighted by atomic mass is 16.5. The molecule has 1 heterocycles. The van der Waals surface area contributed by atoms with Gasteiger partial charge in [-0.1, -0.05) is 0 Å². The first kappa shape index (κ1) is 11.1. The molecule has 0 aliphatic rings. The van der Waals surface area contributed by atoms with Crippen LogP contribution in [0, 0.1) is 0 Å². The average Bonchev–Trinajstić information content (AvgIpc) is 2.67. The van der Waals surface area contributed by atoms with Gasteiger partial charge in [0.2, 0.25) is 5.89 Å². The van der Waals surface area contributed by atoms with Crippen LogP contribution in [-0.2, 0) is 16.0 Å². The van der Waals surface area contributed by atoms with Gasteiger partial charge in [0.05, 0.1) is 12.7 Å². The van der Waals surface area contributed by atoms with Gasteiger partial charge < -0.3 is 14.3 Å². The summed E-state index contributed by atoms with van der Waals surface area (Å²) in [5, 5.41) is 8.60. The fraction of sp³-hybridized carbons (Fsp3) is 0.182. The Morgan fingerprint density at radius 2 is 2.24 bits per heavy atom. The number of rotatable bonds is 3. The van der Waals surface area contributed by atoms with Crippen LogP contribution in [0.15, 0.2) is 22.6 Å². The minimum Gasteiger partial charge on any atom is -0.481 e. The van der Waals surface area contributed by atoms with Gasteiger partial charge in [-0.3, -0.25) is 4.79 Å². The standard InChI is InChI=1S/C11H9NO5/c1-16-11(15)6-2-3-8-7(4-6)12-9(17-8)5-10(13)14/h2-4H,5H2,1H3,(H,13,14). The van der Waals surface area contributed by atoms with Crippen molar-refractivity contribution in [2.45, 2.75) is 6.42 Å². The van der Waals surface area contributed by atoms with E-state index in [1.807, 2.05) is 0 Å². The highest BCUT2D eigenvalue weighted by molar-refractivity contribution is 5.93. The van der Waals surface area contributed by atoms with E-state index < -0.39 is 11.9 Å². The number of benzene rings is 1. The Hall–Kier alpha value is -2.37. The lowest BCUT2D eigenvalue weighted by atomic mass is 10.2. The van der Waals surface area contributed by atoms with Crippen LogP contribution in [0.4, 0.5) is 0 Å². The number of ether oxygens (including phenoxy) is 1. The molecule has 88 valence electrons. The Morgan fingerprint density at radius 3 is 2.88 bits per heavy atom. The van der Waals surface area contributed by atoms with E-state index >= 15 is 0 Å². The Kier molecular flexibility index (Phi) is 2.78. The van der Waals surface area contributed by atoms with E-state index in [4.69, 9.17) is 9.52 Å². The molecular weight excluding hydrogens is 226 g/mol. The molecule has 2 aromatic rings. The van der Waals surface area contributed by atoms with Gasteiger partial charge in [-0.05, 0) is 18.2 Å². The molecule has 17 heavy (non-hydrogen) atoms. The SMILES string of the molecule is COC(=O)c1ccc2oc(CC(=O)O)nc2c1. The first-order valence-electron chi connectivity index (χ1n) is 4.79. The quantitative estimate of drug-likeness (QED) is 0.805. The monoisotopic (exact) mass is 235 g/mol. The fourth-order valence-corrected chi connectivity index (χ4v) is 1.42. The third-order valence-corrected chi connectivity index (χ3v) is 2.16. The summed E-state index contributed by atoms with van der Waals surface area (Å²) in [5.41, 5.74) is 1.22. The normalized spacial score (nSPS) is 10.4. The van der Waals surface area contributed by atoms with E-state index in [-0.39, 0.29) is 12.3 Å². The summed E-state index contributed by atoms with van der Waals surface area (Å²) in [7, 11) is 1.28. The van der Waals surface area contributed by atoms with E-state index in [1.54, 1.807) is 6.07 Å². The van der Waals surface area contributed by atoms with Crippen LogP contribution < -0.4 is 0 Å². The molecule has 0 radical (unpaired) electrons. The second-order valence-corrected chi connectivity index (χ2v) is 3.35. The minimum atomic E-state index is -1.02. The molecule has 0 amide bonds. The van der Waals surface area contributed by atoms with Crippen molar-refractivity contribution >= 4 is 23.0 Å². The molecular formula is C11H9NO5. The zero-order chi connectivity index (χ0) is 12.4. The minimum absolute atomic E-state index is 0.106. The van der Waals surface area contributed by atoms with Crippen molar-refractivity contribution in [2.75, 3.05) is 7.11 Å². The predicted octanol–water partition coefficient (Wildman–Crippen LogP) is 1.24. The van der Waals surface area contributed by atoms with Gasteiger partial charge in [0, 0.05) is 0 Å². The molecule has 2 rings (SSSR count). The summed E-state index contributed by atoms with van der Waals surface area (Å²) in [4.78, 5) is 25.7. The van der Waals surface area contributed by atoms with E-state index in [2.05, 4.69) is 9.72 Å².